The fraction of sp³-hybridized carbons (Fsp3) is 0.544. The summed E-state index contributed by atoms with van der Waals surface area (Å²) >= 11 is 0. The molecular weight excluding hydrogens is 1250 g/mol. The van der Waals surface area contributed by atoms with E-state index >= 15 is 0 Å². The number of ketones is 3. The zero-order chi connectivity index (χ0) is 70.2. The standard InChI is InChI=1S/C68H95N9O19/c78-54(27-29-56(67(94)95)73-68(96)70-32-14-22-61(83)84)19-11-3-1-2-4-12-21-59(81)72-57(41-49-17-9-6-10-18-49)58(80)42-51(39-48-15-7-5-8-16-48)66(93)69-31-13-20-55(79)28-30-60(82)71-52-25-23-50(24-26-52)40-53(77(46-64(89)90)47-65(91)92)43-74-33-35-75(44-62(85)86)37-38-76(36-34-74)45-63(87)88/h5-10,15-18,23-26,51,53,56-57H,1-4,11-14,19-22,27-47H2,(H,69,93)(H,71,82)(H,72,81)(H,83,84)(H,85,86)(H,87,88)(H,89,90)(H,91,92)(H,94,95)(H2,70,73,96)/t51-,53?,56?,57+/m1/s1. The number of rotatable bonds is 48. The van der Waals surface area contributed by atoms with Crippen molar-refractivity contribution in [2.75, 3.05) is 90.4 Å². The van der Waals surface area contributed by atoms with Crippen molar-refractivity contribution in [1.29, 1.82) is 0 Å². The fourth-order valence-corrected chi connectivity index (χ4v) is 11.1. The number of carboxylic acids is 6. The van der Waals surface area contributed by atoms with Crippen LogP contribution in [0.4, 0.5) is 10.5 Å². The summed E-state index contributed by atoms with van der Waals surface area (Å²) in [5.74, 6) is -9.56. The average molecular weight is 1340 g/mol. The van der Waals surface area contributed by atoms with Crippen molar-refractivity contribution in [2.45, 2.75) is 147 Å². The number of nitrogens with one attached hydrogen (secondary N) is 5. The van der Waals surface area contributed by atoms with Crippen LogP contribution in [0.1, 0.15) is 126 Å². The van der Waals surface area contributed by atoms with Crippen molar-refractivity contribution >= 4 is 82.6 Å². The van der Waals surface area contributed by atoms with Crippen molar-refractivity contribution in [3.63, 3.8) is 0 Å². The molecule has 0 aromatic heterocycles. The monoisotopic (exact) mass is 1340 g/mol. The normalized spacial score (nSPS) is 14.3. The van der Waals surface area contributed by atoms with E-state index in [1.165, 1.54) is 4.90 Å². The van der Waals surface area contributed by atoms with Gasteiger partial charge in [-0.25, -0.2) is 9.59 Å². The van der Waals surface area contributed by atoms with Crippen LogP contribution >= 0.6 is 0 Å². The number of hydrogen-bond donors (Lipinski definition) is 11. The van der Waals surface area contributed by atoms with Crippen LogP contribution in [0.25, 0.3) is 0 Å². The number of nitrogens with zero attached hydrogens (tertiary/aromatic N) is 4. The number of benzene rings is 3. The summed E-state index contributed by atoms with van der Waals surface area (Å²) in [4.78, 5) is 168. The van der Waals surface area contributed by atoms with E-state index in [1.807, 2.05) is 65.6 Å². The second kappa shape index (κ2) is 44.6. The van der Waals surface area contributed by atoms with E-state index in [4.69, 9.17) is 5.11 Å². The SMILES string of the molecule is O=C(O)CCCNC(=O)NC(CCC(=O)CCCCCCCCC(=O)N[C@@H](Cc1ccccc1)C(=O)C[C@@H](Cc1ccccc1)C(=O)NCCCC(=O)CCC(=O)Nc1ccc(CC(CN2CCN(CC(=O)O)CCN(CC(=O)O)CC2)N(CC(=O)O)CC(=O)O)cc1)C(=O)O. The highest BCUT2D eigenvalue weighted by atomic mass is 16.4. The molecule has 5 amide bonds. The lowest BCUT2D eigenvalue weighted by atomic mass is 9.89. The summed E-state index contributed by atoms with van der Waals surface area (Å²) in [6.45, 7) is 0.516. The van der Waals surface area contributed by atoms with Gasteiger partial charge in [0.05, 0.1) is 32.2 Å². The smallest absolute Gasteiger partial charge is 0.326 e. The van der Waals surface area contributed by atoms with Gasteiger partial charge in [-0.05, 0) is 80.2 Å². The summed E-state index contributed by atoms with van der Waals surface area (Å²) in [5, 5.41) is 70.1. The summed E-state index contributed by atoms with van der Waals surface area (Å²) in [6, 6.07) is 21.4. The second-order valence-corrected chi connectivity index (χ2v) is 24.2. The molecule has 0 spiro atoms. The number of Topliss-reactive ketones (excluding diaryl/α,β-unsaturated/α-hetero) is 3. The number of urea groups is 1. The fourth-order valence-electron chi connectivity index (χ4n) is 11.1. The Morgan fingerprint density at radius 3 is 1.49 bits per heavy atom. The van der Waals surface area contributed by atoms with Crippen molar-refractivity contribution in [3.05, 3.63) is 102 Å². The maximum Gasteiger partial charge on any atom is 0.326 e. The highest BCUT2D eigenvalue weighted by Gasteiger charge is 2.31. The molecule has 1 heterocycles. The predicted octanol–water partition coefficient (Wildman–Crippen LogP) is 3.97. The molecule has 2 unspecified atom stereocenters. The minimum Gasteiger partial charge on any atom is -0.481 e. The Morgan fingerprint density at radius 2 is 0.938 bits per heavy atom. The van der Waals surface area contributed by atoms with Crippen LogP contribution in [0.2, 0.25) is 0 Å². The van der Waals surface area contributed by atoms with E-state index in [-0.39, 0.29) is 146 Å². The first-order chi connectivity index (χ1) is 45.9. The number of unbranched alkanes of at least 4 members (excludes halogenated alkanes) is 5. The third-order valence-electron chi connectivity index (χ3n) is 16.3. The molecule has 3 aromatic carbocycles. The van der Waals surface area contributed by atoms with Crippen LogP contribution in [0.5, 0.6) is 0 Å². The van der Waals surface area contributed by atoms with E-state index in [0.717, 1.165) is 30.4 Å². The average Bonchev–Trinajstić information content (AvgIpc) is 1.03. The Kier molecular flexibility index (Phi) is 36.9. The molecule has 28 nitrogen and oxygen atoms in total. The van der Waals surface area contributed by atoms with Gasteiger partial charge in [-0.2, -0.15) is 0 Å². The van der Waals surface area contributed by atoms with Crippen molar-refractivity contribution in [1.82, 2.24) is 40.9 Å². The third-order valence-corrected chi connectivity index (χ3v) is 16.3. The predicted molar refractivity (Wildman–Crippen MR) is 352 cm³/mol. The van der Waals surface area contributed by atoms with Crippen LogP contribution in [0.15, 0.2) is 84.9 Å². The van der Waals surface area contributed by atoms with Gasteiger partial charge in [-0.3, -0.25) is 72.3 Å². The highest BCUT2D eigenvalue weighted by Crippen LogP contribution is 2.20. The number of amides is 5. The lowest BCUT2D eigenvalue weighted by Crippen LogP contribution is -2.51. The Morgan fingerprint density at radius 1 is 0.438 bits per heavy atom. The van der Waals surface area contributed by atoms with Gasteiger partial charge in [0.1, 0.15) is 17.6 Å². The molecule has 3 aromatic rings. The molecule has 1 saturated heterocycles. The second-order valence-electron chi connectivity index (χ2n) is 24.2. The van der Waals surface area contributed by atoms with E-state index < -0.39 is 90.8 Å². The van der Waals surface area contributed by atoms with Gasteiger partial charge < -0.3 is 57.2 Å². The Bertz CT molecular complexity index is 2970. The van der Waals surface area contributed by atoms with Gasteiger partial charge in [0, 0.05) is 128 Å². The molecule has 1 aliphatic heterocycles. The molecule has 0 saturated carbocycles. The van der Waals surface area contributed by atoms with Crippen LogP contribution in [0.3, 0.4) is 0 Å². The Balaban J connectivity index is 1.24. The van der Waals surface area contributed by atoms with Gasteiger partial charge in [0.25, 0.3) is 0 Å². The number of aliphatic carboxylic acids is 6. The van der Waals surface area contributed by atoms with Crippen molar-refractivity contribution < 1.29 is 93.0 Å². The molecule has 11 N–H and O–H groups in total. The molecule has 0 aliphatic carbocycles. The number of carbonyl (C=O) groups excluding carboxylic acids is 7. The highest BCUT2D eigenvalue weighted by molar-refractivity contribution is 5.94. The van der Waals surface area contributed by atoms with E-state index in [9.17, 15) is 87.9 Å². The molecule has 4 atom stereocenters. The largest absolute Gasteiger partial charge is 0.481 e. The number of carbonyl (C=O) groups is 13. The zero-order valence-electron chi connectivity index (χ0n) is 54.5. The van der Waals surface area contributed by atoms with Crippen molar-refractivity contribution in [3.8, 4) is 0 Å². The molecule has 526 valence electrons. The molecule has 0 bridgehead atoms. The van der Waals surface area contributed by atoms with E-state index in [2.05, 4.69) is 26.6 Å². The first-order valence-corrected chi connectivity index (χ1v) is 32.8. The molecular formula is C68H95N9O19. The molecule has 28 heteroatoms. The number of anilines is 1. The lowest BCUT2D eigenvalue weighted by molar-refractivity contribution is -0.144. The van der Waals surface area contributed by atoms with Crippen LogP contribution in [-0.2, 0) is 76.8 Å². The van der Waals surface area contributed by atoms with Crippen LogP contribution in [0, 0.1) is 5.92 Å². The summed E-state index contributed by atoms with van der Waals surface area (Å²) in [5.41, 5.74) is 2.72. The number of carboxylic acid groups (broad SMARTS) is 6. The zero-order valence-corrected chi connectivity index (χ0v) is 54.5. The van der Waals surface area contributed by atoms with Gasteiger partial charge in [-0.1, -0.05) is 98.5 Å². The lowest BCUT2D eigenvalue weighted by Gasteiger charge is -2.35. The van der Waals surface area contributed by atoms with Gasteiger partial charge in [-0.15, -0.1) is 0 Å². The molecule has 0 radical (unpaired) electrons. The minimum atomic E-state index is -1.29. The quantitative estimate of drug-likeness (QED) is 0.0356. The maximum absolute atomic E-state index is 14.2. The third kappa shape index (κ3) is 35.0. The first kappa shape index (κ1) is 79.4. The molecule has 1 fully saturated rings. The minimum absolute atomic E-state index is 0.0395. The first-order valence-electron chi connectivity index (χ1n) is 32.8. The van der Waals surface area contributed by atoms with Gasteiger partial charge >= 0.3 is 41.8 Å². The summed E-state index contributed by atoms with van der Waals surface area (Å²) < 4.78 is 0. The summed E-state index contributed by atoms with van der Waals surface area (Å²) in [6.07, 6.45) is 4.99. The van der Waals surface area contributed by atoms with Crippen molar-refractivity contribution in [2.24, 2.45) is 5.92 Å². The van der Waals surface area contributed by atoms with Gasteiger partial charge in [0.2, 0.25) is 17.7 Å². The Hall–Kier alpha value is -8.99. The van der Waals surface area contributed by atoms with Crippen LogP contribution < -0.4 is 26.6 Å². The Labute approximate surface area is 558 Å². The van der Waals surface area contributed by atoms with Gasteiger partial charge in [0.15, 0.2) is 5.78 Å². The van der Waals surface area contributed by atoms with E-state index in [0.29, 0.717) is 69.8 Å². The maximum atomic E-state index is 14.2. The van der Waals surface area contributed by atoms with E-state index in [1.54, 1.807) is 34.1 Å². The van der Waals surface area contributed by atoms with Crippen LogP contribution in [-0.4, -0.2) is 230 Å². The molecule has 4 rings (SSSR count). The topological polar surface area (TPSA) is 416 Å². The number of hydrogen-bond acceptors (Lipinski definition) is 17. The summed E-state index contributed by atoms with van der Waals surface area (Å²) in [7, 11) is 0. The molecule has 1 aliphatic rings. The molecule has 96 heavy (non-hydrogen) atoms.